The van der Waals surface area contributed by atoms with Gasteiger partial charge in [-0.3, -0.25) is 24.2 Å². The molecule has 6 atom stereocenters. The first-order valence-corrected chi connectivity index (χ1v) is 17.5. The van der Waals surface area contributed by atoms with E-state index in [1.165, 1.54) is 6.08 Å². The van der Waals surface area contributed by atoms with Gasteiger partial charge in [-0.15, -0.1) is 23.2 Å². The highest BCUT2D eigenvalue weighted by molar-refractivity contribution is 6.58. The molecule has 2 aliphatic carbocycles. The molecular formula is C35H23Cl3F8N4O7. The summed E-state index contributed by atoms with van der Waals surface area (Å²) in [7, 11) is 3.30. The standard InChI is InChI=1S/C35H23Cl3F8N4O7/c1-48(28-15(36)6-7-18(47-28)35(44,45)46)50-29(52)13-5-4-12-14(19(13)30(50)53)10-33(37)31(54)49(26-24(42)22(40)21(39)23(41)25(26)43)32(55)34(33,38)20(12)11-8-16(56-2)27(51)17(9-11)57-3/h4,6-9,13-14,19-20,51H,5,10H2,1-3H3. The lowest BCUT2D eigenvalue weighted by molar-refractivity contribution is -0.141. The van der Waals surface area contributed by atoms with Crippen molar-refractivity contribution in [1.29, 1.82) is 0 Å². The summed E-state index contributed by atoms with van der Waals surface area (Å²) in [4.78, 5) is 54.7. The lowest BCUT2D eigenvalue weighted by atomic mass is 9.56. The van der Waals surface area contributed by atoms with Crippen LogP contribution >= 0.6 is 34.8 Å². The highest BCUT2D eigenvalue weighted by Crippen LogP contribution is 2.66. The van der Waals surface area contributed by atoms with Crippen LogP contribution in [0.15, 0.2) is 35.9 Å². The van der Waals surface area contributed by atoms with E-state index in [4.69, 9.17) is 44.3 Å². The van der Waals surface area contributed by atoms with Crippen molar-refractivity contribution in [3.8, 4) is 17.2 Å². The van der Waals surface area contributed by atoms with Crippen molar-refractivity contribution in [2.45, 2.75) is 34.7 Å². The zero-order chi connectivity index (χ0) is 42.0. The number of amides is 4. The number of pyridine rings is 1. The molecule has 11 nitrogen and oxygen atoms in total. The van der Waals surface area contributed by atoms with Crippen LogP contribution in [0.5, 0.6) is 17.2 Å². The molecule has 0 radical (unpaired) electrons. The summed E-state index contributed by atoms with van der Waals surface area (Å²) in [5, 5.41) is 11.5. The smallest absolute Gasteiger partial charge is 0.433 e. The van der Waals surface area contributed by atoms with Gasteiger partial charge in [0.15, 0.2) is 50.3 Å². The van der Waals surface area contributed by atoms with Gasteiger partial charge in [-0.25, -0.2) is 31.8 Å². The number of rotatable bonds is 6. The molecule has 4 amide bonds. The molecule has 2 aliphatic heterocycles. The number of imide groups is 2. The maximum Gasteiger partial charge on any atom is 0.433 e. The molecule has 0 bridgehead atoms. The number of benzene rings is 2. The number of aromatic hydroxyl groups is 1. The molecule has 3 fully saturated rings. The van der Waals surface area contributed by atoms with Gasteiger partial charge >= 0.3 is 6.18 Å². The number of carbonyl (C=O) groups is 4. The van der Waals surface area contributed by atoms with Gasteiger partial charge in [0.05, 0.1) is 31.1 Å². The molecule has 1 N–H and O–H groups in total. The number of hydrogen-bond acceptors (Lipinski definition) is 9. The Morgan fingerprint density at radius 2 is 1.44 bits per heavy atom. The number of fused-ring (bicyclic) bond motifs is 4. The van der Waals surface area contributed by atoms with E-state index in [-0.39, 0.29) is 39.0 Å². The Kier molecular flexibility index (Phi) is 9.44. The number of hydrazine groups is 1. The third kappa shape index (κ3) is 5.40. The number of phenolic OH excluding ortho intramolecular Hbond substituents is 1. The number of phenols is 1. The van der Waals surface area contributed by atoms with E-state index < -0.39 is 122 Å². The number of ether oxygens (including phenoxy) is 2. The van der Waals surface area contributed by atoms with Gasteiger partial charge in [-0.05, 0) is 48.6 Å². The molecular weight excluding hydrogens is 847 g/mol. The molecule has 2 saturated heterocycles. The Morgan fingerprint density at radius 3 is 1.98 bits per heavy atom. The van der Waals surface area contributed by atoms with Gasteiger partial charge in [0.25, 0.3) is 23.6 Å². The van der Waals surface area contributed by atoms with E-state index in [1.54, 1.807) is 0 Å². The summed E-state index contributed by atoms with van der Waals surface area (Å²) in [6, 6.07) is 3.68. The molecule has 6 unspecified atom stereocenters. The van der Waals surface area contributed by atoms with E-state index in [2.05, 4.69) is 4.98 Å². The van der Waals surface area contributed by atoms with Gasteiger partial charge in [0.1, 0.15) is 11.4 Å². The highest BCUT2D eigenvalue weighted by Gasteiger charge is 2.77. The van der Waals surface area contributed by atoms with Crippen LogP contribution in [-0.2, 0) is 25.4 Å². The van der Waals surface area contributed by atoms with Crippen LogP contribution in [0.25, 0.3) is 0 Å². The van der Waals surface area contributed by atoms with Crippen LogP contribution < -0.4 is 19.4 Å². The minimum atomic E-state index is -4.96. The fraction of sp³-hybridized carbons (Fsp3) is 0.343. The zero-order valence-corrected chi connectivity index (χ0v) is 31.2. The van der Waals surface area contributed by atoms with Crippen LogP contribution in [0.1, 0.15) is 30.0 Å². The minimum Gasteiger partial charge on any atom is -0.502 e. The van der Waals surface area contributed by atoms with Crippen molar-refractivity contribution < 1.29 is 68.9 Å². The number of anilines is 2. The summed E-state index contributed by atoms with van der Waals surface area (Å²) in [6.45, 7) is 0. The summed E-state index contributed by atoms with van der Waals surface area (Å²) < 4.78 is 125. The Labute approximate surface area is 330 Å². The highest BCUT2D eigenvalue weighted by atomic mass is 35.5. The van der Waals surface area contributed by atoms with E-state index in [1.807, 2.05) is 0 Å². The molecule has 57 heavy (non-hydrogen) atoms. The Bertz CT molecular complexity index is 2310. The van der Waals surface area contributed by atoms with Gasteiger partial charge in [0.2, 0.25) is 11.6 Å². The molecule has 3 aromatic rings. The van der Waals surface area contributed by atoms with E-state index in [0.29, 0.717) is 16.1 Å². The van der Waals surface area contributed by atoms with Crippen molar-refractivity contribution >= 4 is 69.9 Å². The second-order valence-electron chi connectivity index (χ2n) is 13.5. The average Bonchev–Trinajstić information content (AvgIpc) is 3.50. The predicted molar refractivity (Wildman–Crippen MR) is 182 cm³/mol. The number of halogens is 11. The first-order valence-electron chi connectivity index (χ1n) is 16.4. The topological polar surface area (TPSA) is 130 Å². The molecule has 302 valence electrons. The summed E-state index contributed by atoms with van der Waals surface area (Å²) in [5.41, 5.74) is -3.51. The third-order valence-electron chi connectivity index (χ3n) is 10.8. The summed E-state index contributed by atoms with van der Waals surface area (Å²) in [6.07, 6.45) is -4.75. The fourth-order valence-electron chi connectivity index (χ4n) is 8.21. The SMILES string of the molecule is COc1cc(C2C3=CCC4C(=O)N(N(C)c5nc(C(F)(F)F)ccc5Cl)C(=O)C4C3CC3(Cl)C(=O)N(c4c(F)c(F)c(F)c(F)c4F)C(=O)C23Cl)cc(OC)c1O. The molecule has 0 spiro atoms. The number of allylic oxidation sites excluding steroid dienone is 2. The van der Waals surface area contributed by atoms with Crippen molar-refractivity contribution in [1.82, 2.24) is 9.99 Å². The van der Waals surface area contributed by atoms with Gasteiger partial charge in [-0.2, -0.15) is 18.2 Å². The molecule has 3 heterocycles. The number of hydrogen-bond donors (Lipinski definition) is 1. The maximum atomic E-state index is 15.3. The quantitative estimate of drug-likeness (QED) is 0.0712. The van der Waals surface area contributed by atoms with E-state index in [9.17, 15) is 50.6 Å². The van der Waals surface area contributed by atoms with Crippen LogP contribution in [-0.4, -0.2) is 69.7 Å². The number of nitrogens with zero attached hydrogens (tertiary/aromatic N) is 4. The van der Waals surface area contributed by atoms with Gasteiger partial charge in [0, 0.05) is 13.0 Å². The normalized spacial score (nSPS) is 27.0. The van der Waals surface area contributed by atoms with E-state index in [0.717, 1.165) is 39.5 Å². The van der Waals surface area contributed by atoms with Gasteiger partial charge < -0.3 is 14.6 Å². The van der Waals surface area contributed by atoms with Crippen LogP contribution in [0.2, 0.25) is 5.02 Å². The second kappa shape index (κ2) is 13.3. The van der Waals surface area contributed by atoms with Crippen molar-refractivity contribution in [3.05, 3.63) is 81.3 Å². The largest absolute Gasteiger partial charge is 0.502 e. The maximum absolute atomic E-state index is 15.3. The Balaban J connectivity index is 1.42. The van der Waals surface area contributed by atoms with Crippen molar-refractivity contribution in [2.75, 3.05) is 31.2 Å². The fourth-order valence-corrected chi connectivity index (χ4v) is 9.37. The molecule has 4 aliphatic rings. The van der Waals surface area contributed by atoms with Crippen LogP contribution in [0.4, 0.5) is 46.6 Å². The summed E-state index contributed by atoms with van der Waals surface area (Å²) in [5.74, 6) is -26.1. The van der Waals surface area contributed by atoms with Crippen LogP contribution in [0, 0.1) is 46.8 Å². The lowest BCUT2D eigenvalue weighted by Gasteiger charge is -2.50. The monoisotopic (exact) mass is 868 g/mol. The molecule has 1 aromatic heterocycles. The predicted octanol–water partition coefficient (Wildman–Crippen LogP) is 6.79. The van der Waals surface area contributed by atoms with Gasteiger partial charge in [-0.1, -0.05) is 23.3 Å². The summed E-state index contributed by atoms with van der Waals surface area (Å²) >= 11 is 20.4. The number of methoxy groups -OCH3 is 2. The zero-order valence-electron chi connectivity index (χ0n) is 29.0. The second-order valence-corrected chi connectivity index (χ2v) is 15.1. The van der Waals surface area contributed by atoms with Crippen LogP contribution in [0.3, 0.4) is 0 Å². The van der Waals surface area contributed by atoms with Crippen molar-refractivity contribution in [2.24, 2.45) is 17.8 Å². The first kappa shape index (κ1) is 40.3. The number of aromatic nitrogens is 1. The molecule has 22 heteroatoms. The van der Waals surface area contributed by atoms with E-state index >= 15 is 8.78 Å². The van der Waals surface area contributed by atoms with Crippen molar-refractivity contribution in [3.63, 3.8) is 0 Å². The molecule has 2 aromatic carbocycles. The number of alkyl halides is 5. The third-order valence-corrected chi connectivity index (χ3v) is 12.5. The molecule has 7 rings (SSSR count). The lowest BCUT2D eigenvalue weighted by Crippen LogP contribution is -2.60. The Morgan fingerprint density at radius 1 is 0.877 bits per heavy atom. The number of carbonyl (C=O) groups excluding carboxylic acids is 4. The first-order chi connectivity index (χ1) is 26.6. The minimum absolute atomic E-state index is 0.0265. The molecule has 1 saturated carbocycles. The Hall–Kier alpha value is -4.88. The average molecular weight is 870 g/mol.